The number of hydrogen-bond acceptors (Lipinski definition) is 6. The van der Waals surface area contributed by atoms with Gasteiger partial charge in [0.2, 0.25) is 0 Å². The topological polar surface area (TPSA) is 81.4 Å². The SMILES string of the molecule is COc1ccccc1C(=O)Nc1ccccc1Sc1c(C)c(C)nc2ncnn12. The van der Waals surface area contributed by atoms with Crippen molar-refractivity contribution in [3.8, 4) is 5.75 Å². The third kappa shape index (κ3) is 3.66. The third-order valence-electron chi connectivity index (χ3n) is 4.55. The lowest BCUT2D eigenvalue weighted by molar-refractivity contribution is 0.102. The highest BCUT2D eigenvalue weighted by atomic mass is 32.2. The largest absolute Gasteiger partial charge is 0.496 e. The van der Waals surface area contributed by atoms with E-state index in [0.29, 0.717) is 22.8 Å². The van der Waals surface area contributed by atoms with Crippen LogP contribution in [-0.4, -0.2) is 32.6 Å². The summed E-state index contributed by atoms with van der Waals surface area (Å²) < 4.78 is 7.02. The summed E-state index contributed by atoms with van der Waals surface area (Å²) in [4.78, 5) is 22.4. The molecule has 29 heavy (non-hydrogen) atoms. The maximum Gasteiger partial charge on any atom is 0.259 e. The molecule has 7 nitrogen and oxygen atoms in total. The van der Waals surface area contributed by atoms with Crippen LogP contribution < -0.4 is 10.1 Å². The van der Waals surface area contributed by atoms with Gasteiger partial charge < -0.3 is 10.1 Å². The summed E-state index contributed by atoms with van der Waals surface area (Å²) in [5, 5.41) is 8.20. The lowest BCUT2D eigenvalue weighted by Crippen LogP contribution is -2.13. The van der Waals surface area contributed by atoms with Gasteiger partial charge in [-0.15, -0.1) is 0 Å². The zero-order chi connectivity index (χ0) is 20.4. The van der Waals surface area contributed by atoms with Gasteiger partial charge in [-0.1, -0.05) is 36.0 Å². The molecular formula is C21H19N5O2S. The van der Waals surface area contributed by atoms with Crippen molar-refractivity contribution in [1.29, 1.82) is 0 Å². The van der Waals surface area contributed by atoms with Crippen LogP contribution in [0.25, 0.3) is 5.78 Å². The minimum absolute atomic E-state index is 0.232. The molecule has 8 heteroatoms. The van der Waals surface area contributed by atoms with E-state index in [4.69, 9.17) is 4.74 Å². The molecule has 146 valence electrons. The molecule has 2 heterocycles. The van der Waals surface area contributed by atoms with Crippen LogP contribution >= 0.6 is 11.8 Å². The number of rotatable bonds is 5. The molecule has 0 fully saturated rings. The van der Waals surface area contributed by atoms with Gasteiger partial charge in [-0.25, -0.2) is 4.98 Å². The number of carbonyl (C=O) groups is 1. The Kier molecular flexibility index (Phi) is 5.18. The van der Waals surface area contributed by atoms with Crippen LogP contribution in [0.3, 0.4) is 0 Å². The Morgan fingerprint density at radius 1 is 1.10 bits per heavy atom. The van der Waals surface area contributed by atoms with Gasteiger partial charge in [-0.05, 0) is 38.1 Å². The number of amides is 1. The summed E-state index contributed by atoms with van der Waals surface area (Å²) in [7, 11) is 1.55. The number of nitrogens with one attached hydrogen (secondary N) is 1. The number of ether oxygens (including phenoxy) is 1. The molecule has 0 unspecified atom stereocenters. The summed E-state index contributed by atoms with van der Waals surface area (Å²) in [5.74, 6) is 0.843. The van der Waals surface area contributed by atoms with Gasteiger partial charge in [-0.2, -0.15) is 14.6 Å². The van der Waals surface area contributed by atoms with E-state index in [1.807, 2.05) is 50.2 Å². The fraction of sp³-hybridized carbons (Fsp3) is 0.143. The van der Waals surface area contributed by atoms with E-state index in [-0.39, 0.29) is 5.91 Å². The van der Waals surface area contributed by atoms with Crippen molar-refractivity contribution in [2.75, 3.05) is 12.4 Å². The predicted octanol–water partition coefficient (Wildman–Crippen LogP) is 4.15. The van der Waals surface area contributed by atoms with Gasteiger partial charge in [0.1, 0.15) is 17.1 Å². The van der Waals surface area contributed by atoms with Crippen molar-refractivity contribution in [3.05, 3.63) is 71.7 Å². The Balaban J connectivity index is 1.69. The van der Waals surface area contributed by atoms with Crippen molar-refractivity contribution in [3.63, 3.8) is 0 Å². The molecular weight excluding hydrogens is 386 g/mol. The van der Waals surface area contributed by atoms with Crippen LogP contribution in [0, 0.1) is 13.8 Å². The molecule has 0 aliphatic heterocycles. The Hall–Kier alpha value is -3.39. The van der Waals surface area contributed by atoms with E-state index in [1.54, 1.807) is 23.8 Å². The van der Waals surface area contributed by atoms with Gasteiger partial charge in [0.25, 0.3) is 11.7 Å². The van der Waals surface area contributed by atoms with E-state index in [0.717, 1.165) is 21.2 Å². The summed E-state index contributed by atoms with van der Waals surface area (Å²) in [6.45, 7) is 3.95. The number of hydrogen-bond donors (Lipinski definition) is 1. The lowest BCUT2D eigenvalue weighted by Gasteiger charge is -2.14. The number of fused-ring (bicyclic) bond motifs is 1. The number of para-hydroxylation sites is 2. The van der Waals surface area contributed by atoms with Crippen LogP contribution in [-0.2, 0) is 0 Å². The predicted molar refractivity (Wildman–Crippen MR) is 112 cm³/mol. The number of aryl methyl sites for hydroxylation is 1. The number of benzene rings is 2. The summed E-state index contributed by atoms with van der Waals surface area (Å²) >= 11 is 1.51. The number of carbonyl (C=O) groups excluding carboxylic acids is 1. The van der Waals surface area contributed by atoms with Gasteiger partial charge in [0.05, 0.1) is 18.4 Å². The van der Waals surface area contributed by atoms with E-state index in [2.05, 4.69) is 20.4 Å². The molecule has 0 saturated heterocycles. The Bertz CT molecular complexity index is 1200. The van der Waals surface area contributed by atoms with Crippen LogP contribution in [0.4, 0.5) is 5.69 Å². The van der Waals surface area contributed by atoms with Gasteiger partial charge in [0, 0.05) is 16.2 Å². The van der Waals surface area contributed by atoms with E-state index >= 15 is 0 Å². The average Bonchev–Trinajstić information content (AvgIpc) is 3.20. The molecule has 1 amide bonds. The van der Waals surface area contributed by atoms with E-state index in [1.165, 1.54) is 18.1 Å². The average molecular weight is 405 g/mol. The minimum Gasteiger partial charge on any atom is -0.496 e. The standard InChI is InChI=1S/C21H19N5O2S/c1-13-14(2)24-21-22-12-23-26(21)20(13)29-18-11-7-5-9-16(18)25-19(27)15-8-4-6-10-17(15)28-3/h4-12H,1-3H3,(H,25,27). The second kappa shape index (κ2) is 7.92. The fourth-order valence-corrected chi connectivity index (χ4v) is 4.01. The number of nitrogens with zero attached hydrogens (tertiary/aromatic N) is 4. The number of anilines is 1. The lowest BCUT2D eigenvalue weighted by atomic mass is 10.2. The molecule has 2 aromatic carbocycles. The first-order valence-corrected chi connectivity index (χ1v) is 9.78. The highest BCUT2D eigenvalue weighted by Crippen LogP contribution is 2.36. The smallest absolute Gasteiger partial charge is 0.259 e. The molecule has 2 aromatic heterocycles. The fourth-order valence-electron chi connectivity index (χ4n) is 2.91. The zero-order valence-electron chi connectivity index (χ0n) is 16.2. The van der Waals surface area contributed by atoms with E-state index < -0.39 is 0 Å². The molecule has 0 spiro atoms. The molecule has 0 aliphatic carbocycles. The summed E-state index contributed by atoms with van der Waals surface area (Å²) in [5.41, 5.74) is 3.09. The van der Waals surface area contributed by atoms with Crippen LogP contribution in [0.5, 0.6) is 5.75 Å². The van der Waals surface area contributed by atoms with Crippen molar-refractivity contribution < 1.29 is 9.53 Å². The quantitative estimate of drug-likeness (QED) is 0.502. The van der Waals surface area contributed by atoms with Crippen molar-refractivity contribution in [2.24, 2.45) is 0 Å². The molecule has 0 bridgehead atoms. The van der Waals surface area contributed by atoms with Gasteiger partial charge in [-0.3, -0.25) is 4.79 Å². The highest BCUT2D eigenvalue weighted by molar-refractivity contribution is 7.99. The molecule has 0 atom stereocenters. The van der Waals surface area contributed by atoms with Gasteiger partial charge >= 0.3 is 0 Å². The maximum atomic E-state index is 12.9. The van der Waals surface area contributed by atoms with E-state index in [9.17, 15) is 4.79 Å². The Labute approximate surface area is 172 Å². The minimum atomic E-state index is -0.232. The molecule has 0 radical (unpaired) electrons. The second-order valence-corrected chi connectivity index (χ2v) is 7.38. The Morgan fingerprint density at radius 2 is 1.86 bits per heavy atom. The molecule has 1 N–H and O–H groups in total. The van der Waals surface area contributed by atoms with Crippen molar-refractivity contribution in [2.45, 2.75) is 23.8 Å². The highest BCUT2D eigenvalue weighted by Gasteiger charge is 2.17. The first-order chi connectivity index (χ1) is 14.1. The number of aromatic nitrogens is 4. The summed E-state index contributed by atoms with van der Waals surface area (Å²) in [6.07, 6.45) is 1.49. The van der Waals surface area contributed by atoms with Crippen molar-refractivity contribution in [1.82, 2.24) is 19.6 Å². The Morgan fingerprint density at radius 3 is 2.69 bits per heavy atom. The second-order valence-electron chi connectivity index (χ2n) is 6.35. The third-order valence-corrected chi connectivity index (χ3v) is 5.80. The normalized spacial score (nSPS) is 10.9. The molecule has 4 aromatic rings. The zero-order valence-corrected chi connectivity index (χ0v) is 17.0. The van der Waals surface area contributed by atoms with Crippen LogP contribution in [0.1, 0.15) is 21.6 Å². The molecule has 0 saturated carbocycles. The van der Waals surface area contributed by atoms with Crippen LogP contribution in [0.15, 0.2) is 64.8 Å². The van der Waals surface area contributed by atoms with Crippen LogP contribution in [0.2, 0.25) is 0 Å². The molecule has 4 rings (SSSR count). The first kappa shape index (κ1) is 18.9. The summed E-state index contributed by atoms with van der Waals surface area (Å²) in [6, 6.07) is 14.8. The van der Waals surface area contributed by atoms with Crippen molar-refractivity contribution >= 4 is 29.1 Å². The first-order valence-electron chi connectivity index (χ1n) is 8.96. The maximum absolute atomic E-state index is 12.9. The monoisotopic (exact) mass is 405 g/mol. The number of methoxy groups -OCH3 is 1. The molecule has 0 aliphatic rings. The van der Waals surface area contributed by atoms with Gasteiger partial charge in [0.15, 0.2) is 0 Å².